The summed E-state index contributed by atoms with van der Waals surface area (Å²) in [6.07, 6.45) is 1.63. The summed E-state index contributed by atoms with van der Waals surface area (Å²) < 4.78 is 11.0. The summed E-state index contributed by atoms with van der Waals surface area (Å²) in [5.41, 5.74) is 15.8. The molecular weight excluding hydrogens is 697 g/mol. The van der Waals surface area contributed by atoms with Crippen LogP contribution in [0.15, 0.2) is 199 Å². The molecule has 0 aliphatic carbocycles. The predicted molar refractivity (Wildman–Crippen MR) is 234 cm³/mol. The molecule has 0 aliphatic rings. The lowest BCUT2D eigenvalue weighted by Crippen LogP contribution is -1.94. The third-order valence-corrected chi connectivity index (χ3v) is 11.4. The Bertz CT molecular complexity index is 3520. The van der Waals surface area contributed by atoms with Crippen molar-refractivity contribution in [1.82, 2.24) is 19.1 Å². The number of rotatable bonds is 5. The third kappa shape index (κ3) is 4.89. The Morgan fingerprint density at radius 1 is 0.351 bits per heavy atom. The highest BCUT2D eigenvalue weighted by Gasteiger charge is 2.18. The van der Waals surface area contributed by atoms with Crippen LogP contribution in [0.5, 0.6) is 0 Å². The number of benzene rings is 8. The average Bonchev–Trinajstić information content (AvgIpc) is 3.94. The highest BCUT2D eigenvalue weighted by atomic mass is 16.3. The van der Waals surface area contributed by atoms with Gasteiger partial charge in [-0.05, 0) is 101 Å². The van der Waals surface area contributed by atoms with E-state index in [2.05, 4.69) is 183 Å². The summed E-state index contributed by atoms with van der Waals surface area (Å²) in [6.45, 7) is 0. The molecule has 8 aromatic carbocycles. The van der Waals surface area contributed by atoms with Crippen molar-refractivity contribution < 1.29 is 4.42 Å². The number of hydrogen-bond donors (Lipinski definition) is 0. The summed E-state index contributed by atoms with van der Waals surface area (Å²) in [6, 6.07) is 67.2. The van der Waals surface area contributed by atoms with E-state index in [0.29, 0.717) is 5.58 Å². The van der Waals surface area contributed by atoms with E-state index in [-0.39, 0.29) is 0 Å². The second-order valence-electron chi connectivity index (χ2n) is 14.6. The number of aromatic nitrogens is 4. The molecule has 0 saturated heterocycles. The van der Waals surface area contributed by atoms with Crippen molar-refractivity contribution in [3.05, 3.63) is 194 Å². The largest absolute Gasteiger partial charge is 0.452 e. The molecule has 0 fully saturated rings. The van der Waals surface area contributed by atoms with Gasteiger partial charge in [0.05, 0.1) is 22.1 Å². The molecule has 4 aromatic heterocycles. The number of para-hydroxylation sites is 4. The van der Waals surface area contributed by atoms with Crippen molar-refractivity contribution in [1.29, 1.82) is 0 Å². The van der Waals surface area contributed by atoms with Crippen molar-refractivity contribution in [2.75, 3.05) is 0 Å². The first-order chi connectivity index (χ1) is 28.3. The topological polar surface area (TPSA) is 48.8 Å². The van der Waals surface area contributed by atoms with E-state index in [1.165, 1.54) is 60.4 Å². The van der Waals surface area contributed by atoms with Crippen LogP contribution in [0.3, 0.4) is 0 Å². The molecule has 4 heterocycles. The van der Waals surface area contributed by atoms with E-state index >= 15 is 0 Å². The van der Waals surface area contributed by atoms with E-state index in [1.54, 1.807) is 6.33 Å². The minimum Gasteiger partial charge on any atom is -0.452 e. The molecule has 0 N–H and O–H groups in total. The lowest BCUT2D eigenvalue weighted by molar-refractivity contribution is 0.667. The lowest BCUT2D eigenvalue weighted by Gasteiger charge is -2.11. The quantitative estimate of drug-likeness (QED) is 0.177. The fourth-order valence-corrected chi connectivity index (χ4v) is 8.82. The third-order valence-electron chi connectivity index (χ3n) is 11.4. The molecule has 0 amide bonds. The smallest absolute Gasteiger partial charge is 0.180 e. The molecule has 5 nitrogen and oxygen atoms in total. The second-order valence-corrected chi connectivity index (χ2v) is 14.6. The van der Waals surface area contributed by atoms with Crippen molar-refractivity contribution in [3.63, 3.8) is 0 Å². The molecule has 12 aromatic rings. The molecule has 12 rings (SSSR count). The van der Waals surface area contributed by atoms with E-state index in [1.807, 2.05) is 24.3 Å². The molecule has 0 aliphatic heterocycles. The van der Waals surface area contributed by atoms with Crippen LogP contribution in [0.4, 0.5) is 0 Å². The Labute approximate surface area is 327 Å². The van der Waals surface area contributed by atoms with Crippen LogP contribution in [0, 0.1) is 0 Å². The molecule has 0 spiro atoms. The standard InChI is InChI=1S/C52H32N4O/c1-2-13-38(14-3-1)55-45-18-7-4-15-40(45)43-30-35(23-27-47(43)55)36-24-28-48-44(31-36)41-16-5-8-19-46(41)56(48)39-25-21-33(22-26-39)34-11-10-12-37(29-34)50-52-51(54-32-53-50)42-17-6-9-20-49(42)57-52/h1-32H. The van der Waals surface area contributed by atoms with Crippen LogP contribution in [0.25, 0.3) is 111 Å². The number of nitrogens with zero attached hydrogens (tertiary/aromatic N) is 4. The minimum atomic E-state index is 0.705. The van der Waals surface area contributed by atoms with Gasteiger partial charge in [-0.15, -0.1) is 0 Å². The normalized spacial score (nSPS) is 11.9. The summed E-state index contributed by atoms with van der Waals surface area (Å²) in [4.78, 5) is 9.22. The van der Waals surface area contributed by atoms with Crippen LogP contribution in [-0.4, -0.2) is 19.1 Å². The van der Waals surface area contributed by atoms with E-state index in [9.17, 15) is 0 Å². The van der Waals surface area contributed by atoms with E-state index in [0.717, 1.165) is 44.6 Å². The summed E-state index contributed by atoms with van der Waals surface area (Å²) in [5.74, 6) is 0. The number of furan rings is 1. The van der Waals surface area contributed by atoms with Gasteiger partial charge in [0, 0.05) is 43.9 Å². The predicted octanol–water partition coefficient (Wildman–Crippen LogP) is 13.6. The Balaban J connectivity index is 0.930. The monoisotopic (exact) mass is 728 g/mol. The molecule has 5 heteroatoms. The van der Waals surface area contributed by atoms with Gasteiger partial charge in [0.15, 0.2) is 5.58 Å². The first kappa shape index (κ1) is 31.6. The Kier molecular flexibility index (Phi) is 6.86. The fourth-order valence-electron chi connectivity index (χ4n) is 8.82. The van der Waals surface area contributed by atoms with Crippen LogP contribution in [0.2, 0.25) is 0 Å². The molecule has 0 bridgehead atoms. The van der Waals surface area contributed by atoms with Gasteiger partial charge >= 0.3 is 0 Å². The maximum atomic E-state index is 6.26. The zero-order chi connectivity index (χ0) is 37.5. The van der Waals surface area contributed by atoms with Crippen LogP contribution in [0.1, 0.15) is 0 Å². The van der Waals surface area contributed by atoms with Crippen LogP contribution < -0.4 is 0 Å². The number of fused-ring (bicyclic) bond motifs is 9. The first-order valence-corrected chi connectivity index (χ1v) is 19.2. The minimum absolute atomic E-state index is 0.705. The molecule has 0 unspecified atom stereocenters. The van der Waals surface area contributed by atoms with Gasteiger partial charge in [-0.1, -0.05) is 109 Å². The van der Waals surface area contributed by atoms with E-state index in [4.69, 9.17) is 4.42 Å². The second kappa shape index (κ2) is 12.4. The summed E-state index contributed by atoms with van der Waals surface area (Å²) >= 11 is 0. The molecule has 266 valence electrons. The summed E-state index contributed by atoms with van der Waals surface area (Å²) in [5, 5.41) is 5.96. The maximum Gasteiger partial charge on any atom is 0.180 e. The van der Waals surface area contributed by atoms with Crippen LogP contribution in [-0.2, 0) is 0 Å². The Morgan fingerprint density at radius 2 is 0.877 bits per heavy atom. The van der Waals surface area contributed by atoms with Crippen molar-refractivity contribution in [2.45, 2.75) is 0 Å². The Hall–Kier alpha value is -7.76. The van der Waals surface area contributed by atoms with Gasteiger partial charge in [0.1, 0.15) is 23.1 Å². The van der Waals surface area contributed by atoms with E-state index < -0.39 is 0 Å². The van der Waals surface area contributed by atoms with Gasteiger partial charge in [0.25, 0.3) is 0 Å². The highest BCUT2D eigenvalue weighted by molar-refractivity contribution is 6.13. The van der Waals surface area contributed by atoms with Crippen molar-refractivity contribution in [3.8, 4) is 44.9 Å². The van der Waals surface area contributed by atoms with Crippen LogP contribution >= 0.6 is 0 Å². The molecule has 0 saturated carbocycles. The van der Waals surface area contributed by atoms with Crippen molar-refractivity contribution in [2.24, 2.45) is 0 Å². The first-order valence-electron chi connectivity index (χ1n) is 19.2. The molecular formula is C52H32N4O. The van der Waals surface area contributed by atoms with Gasteiger partial charge in [-0.2, -0.15) is 0 Å². The molecule has 0 radical (unpaired) electrons. The maximum absolute atomic E-state index is 6.26. The fraction of sp³-hybridized carbons (Fsp3) is 0. The Morgan fingerprint density at radius 3 is 1.56 bits per heavy atom. The average molecular weight is 729 g/mol. The van der Waals surface area contributed by atoms with Gasteiger partial charge in [-0.3, -0.25) is 0 Å². The molecule has 57 heavy (non-hydrogen) atoms. The van der Waals surface area contributed by atoms with Crippen molar-refractivity contribution >= 4 is 65.7 Å². The summed E-state index contributed by atoms with van der Waals surface area (Å²) in [7, 11) is 0. The SMILES string of the molecule is c1ccc(-n2c3ccccc3c3cc(-c4ccc5c(c4)c4ccccc4n5-c4ccc(-c5cccc(-c6ncnc7c6oc6ccccc67)c5)cc4)ccc32)cc1. The molecule has 0 atom stereocenters. The zero-order valence-corrected chi connectivity index (χ0v) is 30.7. The van der Waals surface area contributed by atoms with Gasteiger partial charge in [0.2, 0.25) is 0 Å². The lowest BCUT2D eigenvalue weighted by atomic mass is 10.0. The van der Waals surface area contributed by atoms with Gasteiger partial charge < -0.3 is 13.6 Å². The highest BCUT2D eigenvalue weighted by Crippen LogP contribution is 2.39. The van der Waals surface area contributed by atoms with Gasteiger partial charge in [-0.25, -0.2) is 9.97 Å². The number of hydrogen-bond acceptors (Lipinski definition) is 3. The zero-order valence-electron chi connectivity index (χ0n) is 30.7.